The molecule has 166 valence electrons. The minimum absolute atomic E-state index is 0.260. The molecule has 3 aromatic rings. The van der Waals surface area contributed by atoms with Crippen molar-refractivity contribution >= 4 is 11.7 Å². The van der Waals surface area contributed by atoms with E-state index in [9.17, 15) is 4.79 Å². The summed E-state index contributed by atoms with van der Waals surface area (Å²) < 4.78 is 14.4. The molecule has 31 heavy (non-hydrogen) atoms. The predicted octanol–water partition coefficient (Wildman–Crippen LogP) is 2.29. The van der Waals surface area contributed by atoms with Crippen LogP contribution in [0.15, 0.2) is 18.5 Å². The number of H-pyrrole nitrogens is 1. The van der Waals surface area contributed by atoms with Crippen LogP contribution in [0.25, 0.3) is 0 Å². The molecule has 1 aliphatic carbocycles. The molecule has 0 radical (unpaired) electrons. The first-order valence-electron chi connectivity index (χ1n) is 10.4. The van der Waals surface area contributed by atoms with E-state index in [4.69, 9.17) is 9.47 Å². The van der Waals surface area contributed by atoms with Crippen LogP contribution in [0.1, 0.15) is 60.5 Å². The van der Waals surface area contributed by atoms with Gasteiger partial charge in [-0.3, -0.25) is 19.1 Å². The zero-order valence-corrected chi connectivity index (χ0v) is 18.2. The van der Waals surface area contributed by atoms with Gasteiger partial charge in [0.05, 0.1) is 18.9 Å². The second-order valence-electron chi connectivity index (χ2n) is 8.20. The molecule has 0 aliphatic heterocycles. The molecule has 0 atom stereocenters. The minimum atomic E-state index is -0.260. The van der Waals surface area contributed by atoms with Gasteiger partial charge in [0, 0.05) is 37.9 Å². The van der Waals surface area contributed by atoms with Crippen molar-refractivity contribution in [1.29, 1.82) is 0 Å². The van der Waals surface area contributed by atoms with Crippen molar-refractivity contribution in [2.24, 2.45) is 13.0 Å². The van der Waals surface area contributed by atoms with Gasteiger partial charge in [0.1, 0.15) is 12.0 Å². The number of rotatable bonds is 9. The monoisotopic (exact) mass is 428 g/mol. The van der Waals surface area contributed by atoms with Gasteiger partial charge in [-0.25, -0.2) is 0 Å². The summed E-state index contributed by atoms with van der Waals surface area (Å²) in [5, 5.41) is 22.3. The van der Waals surface area contributed by atoms with Gasteiger partial charge in [0.25, 0.3) is 5.91 Å². The van der Waals surface area contributed by atoms with Gasteiger partial charge in [0.2, 0.25) is 0 Å². The lowest BCUT2D eigenvalue weighted by Gasteiger charge is -2.34. The maximum atomic E-state index is 12.5. The topological polar surface area (TPSA) is 125 Å². The van der Waals surface area contributed by atoms with Gasteiger partial charge >= 0.3 is 6.01 Å². The summed E-state index contributed by atoms with van der Waals surface area (Å²) in [6.45, 7) is 5.11. The first-order valence-corrected chi connectivity index (χ1v) is 10.4. The third-order valence-electron chi connectivity index (χ3n) is 5.51. The molecule has 0 aromatic carbocycles. The molecule has 11 nitrogen and oxygen atoms in total. The molecule has 3 aromatic heterocycles. The maximum Gasteiger partial charge on any atom is 0.316 e. The molecule has 0 bridgehead atoms. The highest BCUT2D eigenvalue weighted by atomic mass is 16.5. The Morgan fingerprint density at radius 2 is 2.16 bits per heavy atom. The SMILES string of the molecule is COCc1cc(C(=O)Nc2cc(C3CC(COc4nncn4C(C)C)C3)[nH]n2)n(C)n1. The van der Waals surface area contributed by atoms with Crippen LogP contribution in [0.5, 0.6) is 6.01 Å². The fraction of sp³-hybridized carbons (Fsp3) is 0.550. The Balaban J connectivity index is 1.27. The number of carbonyl (C=O) groups is 1. The summed E-state index contributed by atoms with van der Waals surface area (Å²) in [7, 11) is 3.32. The zero-order chi connectivity index (χ0) is 22.0. The number of hydrogen-bond donors (Lipinski definition) is 2. The number of methoxy groups -OCH3 is 1. The third-order valence-corrected chi connectivity index (χ3v) is 5.51. The van der Waals surface area contributed by atoms with Gasteiger partial charge in [0.15, 0.2) is 5.82 Å². The Morgan fingerprint density at radius 1 is 1.35 bits per heavy atom. The van der Waals surface area contributed by atoms with Crippen LogP contribution in [0, 0.1) is 5.92 Å². The zero-order valence-electron chi connectivity index (χ0n) is 18.2. The van der Waals surface area contributed by atoms with E-state index in [0.717, 1.165) is 18.5 Å². The van der Waals surface area contributed by atoms with Crippen molar-refractivity contribution in [1.82, 2.24) is 34.7 Å². The van der Waals surface area contributed by atoms with Crippen molar-refractivity contribution in [3.8, 4) is 6.01 Å². The second-order valence-corrected chi connectivity index (χ2v) is 8.20. The van der Waals surface area contributed by atoms with Crippen LogP contribution in [0.2, 0.25) is 0 Å². The number of aryl methyl sites for hydroxylation is 1. The lowest BCUT2D eigenvalue weighted by atomic mass is 9.74. The summed E-state index contributed by atoms with van der Waals surface area (Å²) in [6.07, 6.45) is 3.68. The Bertz CT molecular complexity index is 1030. The number of ether oxygens (including phenoxy) is 2. The van der Waals surface area contributed by atoms with Crippen molar-refractivity contribution in [3.05, 3.63) is 35.5 Å². The highest BCUT2D eigenvalue weighted by molar-refractivity contribution is 6.02. The molecule has 0 unspecified atom stereocenters. The molecule has 4 rings (SSSR count). The number of nitrogens with zero attached hydrogens (tertiary/aromatic N) is 6. The normalized spacial score (nSPS) is 18.2. The highest BCUT2D eigenvalue weighted by Gasteiger charge is 2.32. The summed E-state index contributed by atoms with van der Waals surface area (Å²) in [4.78, 5) is 12.5. The van der Waals surface area contributed by atoms with E-state index in [1.165, 1.54) is 4.68 Å². The molecule has 1 aliphatic rings. The lowest BCUT2D eigenvalue weighted by molar-refractivity contribution is 0.101. The van der Waals surface area contributed by atoms with Crippen LogP contribution in [-0.2, 0) is 18.4 Å². The maximum absolute atomic E-state index is 12.5. The first kappa shape index (κ1) is 21.0. The number of anilines is 1. The molecule has 0 saturated heterocycles. The van der Waals surface area contributed by atoms with Gasteiger partial charge in [-0.2, -0.15) is 10.2 Å². The van der Waals surface area contributed by atoms with Crippen LogP contribution < -0.4 is 10.1 Å². The van der Waals surface area contributed by atoms with Crippen molar-refractivity contribution in [2.45, 2.75) is 45.3 Å². The summed E-state index contributed by atoms with van der Waals surface area (Å²) in [5.41, 5.74) is 2.17. The van der Waals surface area contributed by atoms with Crippen molar-refractivity contribution in [3.63, 3.8) is 0 Å². The van der Waals surface area contributed by atoms with E-state index in [2.05, 4.69) is 44.7 Å². The average molecular weight is 428 g/mol. The van der Waals surface area contributed by atoms with E-state index in [1.807, 2.05) is 10.6 Å². The fourth-order valence-corrected chi connectivity index (χ4v) is 3.76. The van der Waals surface area contributed by atoms with Crippen molar-refractivity contribution in [2.75, 3.05) is 19.0 Å². The number of aromatic amines is 1. The fourth-order valence-electron chi connectivity index (χ4n) is 3.76. The molecule has 1 fully saturated rings. The van der Waals surface area contributed by atoms with Crippen LogP contribution in [0.4, 0.5) is 5.82 Å². The Kier molecular flexibility index (Phi) is 6.03. The van der Waals surface area contributed by atoms with Gasteiger partial charge in [-0.15, -0.1) is 5.10 Å². The lowest BCUT2D eigenvalue weighted by Crippen LogP contribution is -2.28. The minimum Gasteiger partial charge on any atom is -0.463 e. The third kappa shape index (κ3) is 4.61. The second kappa shape index (κ2) is 8.88. The average Bonchev–Trinajstić information content (AvgIpc) is 3.41. The van der Waals surface area contributed by atoms with E-state index >= 15 is 0 Å². The first-order chi connectivity index (χ1) is 14.9. The smallest absolute Gasteiger partial charge is 0.316 e. The predicted molar refractivity (Wildman–Crippen MR) is 112 cm³/mol. The molecule has 0 spiro atoms. The standard InChI is InChI=1S/C20H28N8O3/c1-12(2)28-11-21-25-20(28)31-9-13-5-14(6-13)16-8-18(24-23-16)22-19(29)17-7-15(10-30-4)26-27(17)3/h7-8,11-14H,5-6,9-10H2,1-4H3,(H2,22,23,24,29). The Hall–Kier alpha value is -3.21. The molecule has 3 heterocycles. The number of amides is 1. The number of nitrogens with one attached hydrogen (secondary N) is 2. The highest BCUT2D eigenvalue weighted by Crippen LogP contribution is 2.41. The number of hydrogen-bond acceptors (Lipinski definition) is 7. The van der Waals surface area contributed by atoms with Crippen LogP contribution in [0.3, 0.4) is 0 Å². The molecule has 1 saturated carbocycles. The van der Waals surface area contributed by atoms with Crippen molar-refractivity contribution < 1.29 is 14.3 Å². The summed E-state index contributed by atoms with van der Waals surface area (Å²) in [6, 6.07) is 4.43. The van der Waals surface area contributed by atoms with Crippen LogP contribution >= 0.6 is 0 Å². The van der Waals surface area contributed by atoms with Crippen LogP contribution in [-0.4, -0.2) is 54.4 Å². The quantitative estimate of drug-likeness (QED) is 0.536. The molecule has 1 amide bonds. The molecule has 11 heteroatoms. The molecular formula is C20H28N8O3. The summed E-state index contributed by atoms with van der Waals surface area (Å²) in [5.74, 6) is 1.07. The van der Waals surface area contributed by atoms with E-state index in [1.54, 1.807) is 26.6 Å². The van der Waals surface area contributed by atoms with E-state index in [0.29, 0.717) is 48.3 Å². The molecular weight excluding hydrogens is 400 g/mol. The van der Waals surface area contributed by atoms with Gasteiger partial charge < -0.3 is 14.8 Å². The molecule has 2 N–H and O–H groups in total. The number of carbonyl (C=O) groups excluding carboxylic acids is 1. The van der Waals surface area contributed by atoms with E-state index in [-0.39, 0.29) is 11.9 Å². The largest absolute Gasteiger partial charge is 0.463 e. The number of aromatic nitrogens is 7. The van der Waals surface area contributed by atoms with Gasteiger partial charge in [-0.05, 0) is 38.7 Å². The Morgan fingerprint density at radius 3 is 2.90 bits per heavy atom. The van der Waals surface area contributed by atoms with Gasteiger partial charge in [-0.1, -0.05) is 5.10 Å². The Labute approximate surface area is 180 Å². The summed E-state index contributed by atoms with van der Waals surface area (Å²) >= 11 is 0. The van der Waals surface area contributed by atoms with E-state index < -0.39 is 0 Å².